The number of aromatic nitrogens is 3. The number of benzene rings is 1. The summed E-state index contributed by atoms with van der Waals surface area (Å²) in [4.78, 5) is 44.1. The molecule has 1 amide bonds. The number of amides is 1. The van der Waals surface area contributed by atoms with E-state index in [1.165, 1.54) is 22.3 Å². The first kappa shape index (κ1) is 28.2. The van der Waals surface area contributed by atoms with Gasteiger partial charge >= 0.3 is 11.9 Å². The average molecular weight is 581 g/mol. The molecule has 2 aromatic heterocycles. The minimum Gasteiger partial charge on any atom is -0.497 e. The van der Waals surface area contributed by atoms with Crippen LogP contribution in [0.5, 0.6) is 5.75 Å². The number of hydrogen-bond donors (Lipinski definition) is 1. The van der Waals surface area contributed by atoms with Crippen LogP contribution in [0, 0.1) is 5.82 Å². The van der Waals surface area contributed by atoms with Gasteiger partial charge in [0.15, 0.2) is 0 Å². The first-order valence-corrected chi connectivity index (χ1v) is 14.2. The minimum atomic E-state index is -4.64. The Kier molecular flexibility index (Phi) is 7.94. The lowest BCUT2D eigenvalue weighted by Gasteiger charge is -2.31. The maximum Gasteiger partial charge on any atom is 0.416 e. The highest BCUT2D eigenvalue weighted by molar-refractivity contribution is 7.99. The summed E-state index contributed by atoms with van der Waals surface area (Å²) < 4.78 is 61.6. The number of nitrogens with one attached hydrogen (secondary N) is 1. The summed E-state index contributed by atoms with van der Waals surface area (Å²) in [6.07, 6.45) is -0.618. The van der Waals surface area contributed by atoms with Gasteiger partial charge in [-0.05, 0) is 74.3 Å². The van der Waals surface area contributed by atoms with Crippen LogP contribution in [-0.4, -0.2) is 44.7 Å². The monoisotopic (exact) mass is 580 g/mol. The smallest absolute Gasteiger partial charge is 0.416 e. The highest BCUT2D eigenvalue weighted by Gasteiger charge is 2.33. The van der Waals surface area contributed by atoms with Gasteiger partial charge in [0.1, 0.15) is 17.2 Å². The number of pyridine rings is 1. The summed E-state index contributed by atoms with van der Waals surface area (Å²) in [6.45, 7) is 0. The minimum absolute atomic E-state index is 0.0479. The third-order valence-electron chi connectivity index (χ3n) is 7.61. The quantitative estimate of drug-likeness (QED) is 0.440. The van der Waals surface area contributed by atoms with Crippen LogP contribution >= 0.6 is 11.8 Å². The highest BCUT2D eigenvalue weighted by Crippen LogP contribution is 2.33. The fourth-order valence-corrected chi connectivity index (χ4v) is 6.64. The van der Waals surface area contributed by atoms with E-state index in [1.54, 1.807) is 11.8 Å². The van der Waals surface area contributed by atoms with Gasteiger partial charge in [-0.25, -0.2) is 14.2 Å². The van der Waals surface area contributed by atoms with Crippen LogP contribution in [0.3, 0.4) is 0 Å². The van der Waals surface area contributed by atoms with Gasteiger partial charge in [-0.3, -0.25) is 18.7 Å². The lowest BCUT2D eigenvalue weighted by molar-refractivity contribution is -0.137. The number of carbonyl (C=O) groups is 1. The largest absolute Gasteiger partial charge is 0.497 e. The number of halogens is 4. The average Bonchev–Trinajstić information content (AvgIpc) is 2.94. The molecule has 0 spiro atoms. The van der Waals surface area contributed by atoms with Crippen molar-refractivity contribution in [3.8, 4) is 5.75 Å². The molecule has 2 fully saturated rings. The van der Waals surface area contributed by atoms with Crippen molar-refractivity contribution in [2.45, 2.75) is 62.8 Å². The Hall–Kier alpha value is -3.35. The molecular formula is C27H28F4N4O4S. The number of methoxy groups -OCH3 is 1. The fourth-order valence-electron chi connectivity index (χ4n) is 5.56. The van der Waals surface area contributed by atoms with Crippen molar-refractivity contribution < 1.29 is 27.1 Å². The Bertz CT molecular complexity index is 1540. The summed E-state index contributed by atoms with van der Waals surface area (Å²) in [5, 5.41) is 2.82. The lowest BCUT2D eigenvalue weighted by Crippen LogP contribution is -2.46. The van der Waals surface area contributed by atoms with E-state index in [4.69, 9.17) is 4.74 Å². The number of alkyl halides is 3. The third kappa shape index (κ3) is 5.61. The molecule has 1 N–H and O–H groups in total. The van der Waals surface area contributed by atoms with Gasteiger partial charge in [-0.1, -0.05) is 0 Å². The molecule has 2 aliphatic rings. The van der Waals surface area contributed by atoms with Crippen molar-refractivity contribution in [1.82, 2.24) is 19.4 Å². The van der Waals surface area contributed by atoms with Crippen LogP contribution in [0.25, 0.3) is 11.0 Å². The van der Waals surface area contributed by atoms with Crippen molar-refractivity contribution in [2.24, 2.45) is 0 Å². The number of nitrogens with zero attached hydrogens (tertiary/aromatic N) is 3. The molecule has 1 saturated carbocycles. The molecule has 1 saturated heterocycles. The van der Waals surface area contributed by atoms with E-state index in [1.807, 2.05) is 0 Å². The van der Waals surface area contributed by atoms with Crippen LogP contribution in [0.15, 0.2) is 40.1 Å². The van der Waals surface area contributed by atoms with Crippen molar-refractivity contribution in [3.63, 3.8) is 0 Å². The first-order valence-electron chi connectivity index (χ1n) is 13.0. The van der Waals surface area contributed by atoms with E-state index >= 15 is 0 Å². The molecule has 0 bridgehead atoms. The summed E-state index contributed by atoms with van der Waals surface area (Å²) in [5.41, 5.74) is -2.06. The molecule has 5 rings (SSSR count). The van der Waals surface area contributed by atoms with Crippen LogP contribution in [0.1, 0.15) is 66.5 Å². The molecule has 1 aromatic carbocycles. The van der Waals surface area contributed by atoms with Crippen LogP contribution in [-0.2, 0) is 6.18 Å². The number of fused-ring (bicyclic) bond motifs is 1. The Balaban J connectivity index is 1.38. The molecule has 1 aliphatic carbocycles. The summed E-state index contributed by atoms with van der Waals surface area (Å²) in [7, 11) is 1.22. The molecule has 0 atom stereocenters. The van der Waals surface area contributed by atoms with Gasteiger partial charge in [0.05, 0.1) is 24.3 Å². The summed E-state index contributed by atoms with van der Waals surface area (Å²) in [6, 6.07) is 2.96. The first-order chi connectivity index (χ1) is 19.1. The fraction of sp³-hybridized carbons (Fsp3) is 0.481. The molecule has 40 heavy (non-hydrogen) atoms. The second-order valence-electron chi connectivity index (χ2n) is 10.1. The lowest BCUT2D eigenvalue weighted by atomic mass is 9.90. The second kappa shape index (κ2) is 11.3. The number of thioether (sulfide) groups is 1. The van der Waals surface area contributed by atoms with Crippen LogP contribution < -0.4 is 21.3 Å². The zero-order chi connectivity index (χ0) is 28.6. The summed E-state index contributed by atoms with van der Waals surface area (Å²) in [5.74, 6) is 0.300. The topological polar surface area (TPSA) is 95.2 Å². The molecule has 214 valence electrons. The number of carbonyl (C=O) groups excluding carboxylic acids is 1. The Morgan fingerprint density at radius 3 is 2.33 bits per heavy atom. The van der Waals surface area contributed by atoms with E-state index in [0.717, 1.165) is 48.7 Å². The van der Waals surface area contributed by atoms with Gasteiger partial charge in [0, 0.05) is 23.7 Å². The van der Waals surface area contributed by atoms with Gasteiger partial charge < -0.3 is 10.1 Å². The highest BCUT2D eigenvalue weighted by atomic mass is 32.2. The number of ether oxygens (including phenoxy) is 1. The molecule has 3 heterocycles. The third-order valence-corrected chi connectivity index (χ3v) is 8.66. The molecule has 0 unspecified atom stereocenters. The Labute approximate surface area is 230 Å². The second-order valence-corrected chi connectivity index (χ2v) is 11.3. The van der Waals surface area contributed by atoms with Gasteiger partial charge in [0.25, 0.3) is 11.5 Å². The Morgan fingerprint density at radius 2 is 1.68 bits per heavy atom. The van der Waals surface area contributed by atoms with Crippen LogP contribution in [0.4, 0.5) is 17.6 Å². The standard InChI is InChI=1S/C27H28F4N4O4S/c1-39-21-11-15(10-16(12-21)27(29,30)31)24(36)33-18-2-4-19(5-3-18)35-25(37)22-13-17(28)14-32-23(22)34(26(35)38)20-6-8-40-9-7-20/h10-14,18-20H,2-9H2,1H3,(H,33,36)/t18-,19+. The molecule has 1 aliphatic heterocycles. The zero-order valence-electron chi connectivity index (χ0n) is 21.7. The van der Waals surface area contributed by atoms with E-state index < -0.39 is 40.8 Å². The SMILES string of the molecule is COc1cc(C(=O)N[C@H]2CC[C@@H](n3c(=O)c4cc(F)cnc4n(C4CCSCC4)c3=O)CC2)cc(C(F)(F)F)c1. The number of hydrogen-bond acceptors (Lipinski definition) is 6. The number of rotatable bonds is 5. The molecule has 8 nitrogen and oxygen atoms in total. The Morgan fingerprint density at radius 1 is 1.00 bits per heavy atom. The van der Waals surface area contributed by atoms with Gasteiger partial charge in [-0.2, -0.15) is 24.9 Å². The van der Waals surface area contributed by atoms with Gasteiger partial charge in [-0.15, -0.1) is 0 Å². The maximum absolute atomic E-state index is 14.1. The predicted octanol–water partition coefficient (Wildman–Crippen LogP) is 4.71. The molecule has 0 radical (unpaired) electrons. The van der Waals surface area contributed by atoms with Crippen molar-refractivity contribution in [2.75, 3.05) is 18.6 Å². The van der Waals surface area contributed by atoms with E-state index in [-0.39, 0.29) is 34.4 Å². The van der Waals surface area contributed by atoms with E-state index in [2.05, 4.69) is 10.3 Å². The molecule has 13 heteroatoms. The normalized spacial score (nSPS) is 20.4. The van der Waals surface area contributed by atoms with Gasteiger partial charge in [0.2, 0.25) is 0 Å². The van der Waals surface area contributed by atoms with Crippen molar-refractivity contribution in [3.05, 3.63) is 68.2 Å². The van der Waals surface area contributed by atoms with E-state index in [9.17, 15) is 31.9 Å². The zero-order valence-corrected chi connectivity index (χ0v) is 22.5. The van der Waals surface area contributed by atoms with Crippen molar-refractivity contribution >= 4 is 28.7 Å². The predicted molar refractivity (Wildman–Crippen MR) is 143 cm³/mol. The van der Waals surface area contributed by atoms with E-state index in [0.29, 0.717) is 25.7 Å². The van der Waals surface area contributed by atoms with Crippen molar-refractivity contribution in [1.29, 1.82) is 0 Å². The van der Waals surface area contributed by atoms with Crippen LogP contribution in [0.2, 0.25) is 0 Å². The molecular weight excluding hydrogens is 552 g/mol. The summed E-state index contributed by atoms with van der Waals surface area (Å²) >= 11 is 1.79. The maximum atomic E-state index is 14.1. The molecule has 3 aromatic rings.